The predicted octanol–water partition coefficient (Wildman–Crippen LogP) is 2.43. The highest BCUT2D eigenvalue weighted by Gasteiger charge is 2.26. The van der Waals surface area contributed by atoms with Gasteiger partial charge in [0, 0.05) is 13.1 Å². The van der Waals surface area contributed by atoms with Crippen LogP contribution in [0.5, 0.6) is 0 Å². The van der Waals surface area contributed by atoms with Crippen molar-refractivity contribution in [3.05, 3.63) is 65.5 Å². The molecule has 1 amide bonds. The molecule has 0 aliphatic heterocycles. The average molecular weight is 386 g/mol. The lowest BCUT2D eigenvalue weighted by molar-refractivity contribution is -0.121. The topological polar surface area (TPSA) is 66.5 Å². The van der Waals surface area contributed by atoms with Crippen molar-refractivity contribution in [3.8, 4) is 0 Å². The molecule has 0 heterocycles. The van der Waals surface area contributed by atoms with E-state index in [1.807, 2.05) is 0 Å². The zero-order valence-electron chi connectivity index (χ0n) is 13.9. The first-order valence-electron chi connectivity index (χ1n) is 7.70. The van der Waals surface area contributed by atoms with Crippen molar-refractivity contribution in [1.29, 1.82) is 0 Å². The van der Waals surface area contributed by atoms with Crippen molar-refractivity contribution < 1.29 is 26.4 Å². The van der Waals surface area contributed by atoms with Gasteiger partial charge in [0.05, 0.1) is 11.4 Å². The van der Waals surface area contributed by atoms with E-state index in [4.69, 9.17) is 0 Å². The van der Waals surface area contributed by atoms with E-state index in [2.05, 4.69) is 5.32 Å². The van der Waals surface area contributed by atoms with Crippen molar-refractivity contribution in [2.45, 2.75) is 18.4 Å². The number of halogens is 3. The summed E-state index contributed by atoms with van der Waals surface area (Å²) >= 11 is 0. The van der Waals surface area contributed by atoms with E-state index in [-0.39, 0.29) is 13.1 Å². The molecule has 0 fully saturated rings. The molecular formula is C17H17F3N2O3S. The standard InChI is InChI=1S/C17H17F3N2O3S/c1-2-22(26(24,25)14-7-8-15(19)16(20)9-14)11-17(23)21-10-12-3-5-13(18)6-4-12/h3-9H,2,10-11H2,1H3,(H,21,23). The highest BCUT2D eigenvalue weighted by molar-refractivity contribution is 7.89. The van der Waals surface area contributed by atoms with Crippen LogP contribution in [0.15, 0.2) is 47.4 Å². The molecule has 2 aromatic carbocycles. The summed E-state index contributed by atoms with van der Waals surface area (Å²) in [5.41, 5.74) is 0.645. The second-order valence-corrected chi connectivity index (χ2v) is 7.35. The first-order valence-corrected chi connectivity index (χ1v) is 9.14. The highest BCUT2D eigenvalue weighted by atomic mass is 32.2. The summed E-state index contributed by atoms with van der Waals surface area (Å²) in [7, 11) is -4.16. The summed E-state index contributed by atoms with van der Waals surface area (Å²) in [6, 6.07) is 7.69. The van der Waals surface area contributed by atoms with Crippen molar-refractivity contribution in [2.24, 2.45) is 0 Å². The lowest BCUT2D eigenvalue weighted by atomic mass is 10.2. The highest BCUT2D eigenvalue weighted by Crippen LogP contribution is 2.18. The number of sulfonamides is 1. The fourth-order valence-corrected chi connectivity index (χ4v) is 3.59. The molecular weight excluding hydrogens is 369 g/mol. The molecule has 0 saturated heterocycles. The molecule has 5 nitrogen and oxygen atoms in total. The molecule has 0 spiro atoms. The molecule has 0 saturated carbocycles. The van der Waals surface area contributed by atoms with Gasteiger partial charge in [0.15, 0.2) is 11.6 Å². The van der Waals surface area contributed by atoms with E-state index in [1.54, 1.807) is 0 Å². The smallest absolute Gasteiger partial charge is 0.243 e. The van der Waals surface area contributed by atoms with Crippen LogP contribution in [0.1, 0.15) is 12.5 Å². The van der Waals surface area contributed by atoms with E-state index in [9.17, 15) is 26.4 Å². The number of benzene rings is 2. The van der Waals surface area contributed by atoms with E-state index in [1.165, 1.54) is 31.2 Å². The summed E-state index contributed by atoms with van der Waals surface area (Å²) < 4.78 is 65.0. The Morgan fingerprint density at radius 1 is 1.04 bits per heavy atom. The fourth-order valence-electron chi connectivity index (χ4n) is 2.17. The van der Waals surface area contributed by atoms with E-state index in [0.29, 0.717) is 17.7 Å². The van der Waals surface area contributed by atoms with Crippen LogP contribution in [0.25, 0.3) is 0 Å². The second-order valence-electron chi connectivity index (χ2n) is 5.41. The average Bonchev–Trinajstić information content (AvgIpc) is 2.61. The van der Waals surface area contributed by atoms with Crippen molar-refractivity contribution in [1.82, 2.24) is 9.62 Å². The first kappa shape index (κ1) is 19.9. The number of carbonyl (C=O) groups is 1. The Morgan fingerprint density at radius 2 is 1.69 bits per heavy atom. The van der Waals surface area contributed by atoms with Gasteiger partial charge in [-0.2, -0.15) is 4.31 Å². The maximum absolute atomic E-state index is 13.3. The Bertz CT molecular complexity index is 887. The minimum atomic E-state index is -4.16. The van der Waals surface area contributed by atoms with E-state index in [0.717, 1.165) is 10.4 Å². The molecule has 0 aromatic heterocycles. The number of amides is 1. The Kier molecular flexibility index (Phi) is 6.38. The van der Waals surface area contributed by atoms with Crippen molar-refractivity contribution in [3.63, 3.8) is 0 Å². The molecule has 140 valence electrons. The molecule has 0 radical (unpaired) electrons. The van der Waals surface area contributed by atoms with Gasteiger partial charge in [0.2, 0.25) is 15.9 Å². The van der Waals surface area contributed by atoms with Crippen LogP contribution in [-0.2, 0) is 21.4 Å². The molecule has 2 rings (SSSR count). The van der Waals surface area contributed by atoms with Gasteiger partial charge in [-0.1, -0.05) is 19.1 Å². The summed E-state index contributed by atoms with van der Waals surface area (Å²) in [6.07, 6.45) is 0. The predicted molar refractivity (Wildman–Crippen MR) is 89.0 cm³/mol. The molecule has 1 N–H and O–H groups in total. The zero-order valence-corrected chi connectivity index (χ0v) is 14.7. The number of rotatable bonds is 7. The third kappa shape index (κ3) is 4.83. The lowest BCUT2D eigenvalue weighted by Gasteiger charge is -2.20. The molecule has 0 aliphatic rings. The zero-order chi connectivity index (χ0) is 19.3. The maximum Gasteiger partial charge on any atom is 0.243 e. The number of carbonyl (C=O) groups excluding carboxylic acids is 1. The molecule has 26 heavy (non-hydrogen) atoms. The Balaban J connectivity index is 2.05. The van der Waals surface area contributed by atoms with Gasteiger partial charge in [-0.15, -0.1) is 0 Å². The van der Waals surface area contributed by atoms with Gasteiger partial charge in [-0.3, -0.25) is 4.79 Å². The summed E-state index contributed by atoms with van der Waals surface area (Å²) in [4.78, 5) is 11.6. The van der Waals surface area contributed by atoms with Crippen LogP contribution in [0.3, 0.4) is 0 Å². The Labute approximate surface area is 149 Å². The molecule has 9 heteroatoms. The van der Waals surface area contributed by atoms with Gasteiger partial charge in [0.25, 0.3) is 0 Å². The van der Waals surface area contributed by atoms with Crippen molar-refractivity contribution >= 4 is 15.9 Å². The summed E-state index contributed by atoms with van der Waals surface area (Å²) in [6.45, 7) is 1.09. The minimum absolute atomic E-state index is 0.0364. The van der Waals surface area contributed by atoms with Crippen LogP contribution in [0.2, 0.25) is 0 Å². The molecule has 2 aromatic rings. The quantitative estimate of drug-likeness (QED) is 0.795. The summed E-state index contributed by atoms with van der Waals surface area (Å²) in [5.74, 6) is -3.44. The van der Waals surface area contributed by atoms with Gasteiger partial charge in [0.1, 0.15) is 5.82 Å². The van der Waals surface area contributed by atoms with Gasteiger partial charge in [-0.05, 0) is 35.9 Å². The van der Waals surface area contributed by atoms with Crippen LogP contribution >= 0.6 is 0 Å². The molecule has 0 aliphatic carbocycles. The number of nitrogens with one attached hydrogen (secondary N) is 1. The number of likely N-dealkylation sites (N-methyl/N-ethyl adjacent to an activating group) is 1. The lowest BCUT2D eigenvalue weighted by Crippen LogP contribution is -2.40. The van der Waals surface area contributed by atoms with Crippen LogP contribution < -0.4 is 5.32 Å². The van der Waals surface area contributed by atoms with E-state index >= 15 is 0 Å². The number of hydrogen-bond acceptors (Lipinski definition) is 3. The molecule has 0 unspecified atom stereocenters. The van der Waals surface area contributed by atoms with Gasteiger partial charge < -0.3 is 5.32 Å². The number of hydrogen-bond donors (Lipinski definition) is 1. The third-order valence-electron chi connectivity index (χ3n) is 3.60. The monoisotopic (exact) mass is 386 g/mol. The Morgan fingerprint density at radius 3 is 2.27 bits per heavy atom. The maximum atomic E-state index is 13.3. The van der Waals surface area contributed by atoms with Gasteiger partial charge >= 0.3 is 0 Å². The Hall–Kier alpha value is -2.39. The first-order chi connectivity index (χ1) is 12.2. The van der Waals surface area contributed by atoms with Crippen LogP contribution in [-0.4, -0.2) is 31.7 Å². The largest absolute Gasteiger partial charge is 0.351 e. The van der Waals surface area contributed by atoms with E-state index < -0.39 is 44.8 Å². The third-order valence-corrected chi connectivity index (χ3v) is 5.52. The normalized spacial score (nSPS) is 11.6. The fraction of sp³-hybridized carbons (Fsp3) is 0.235. The molecule has 0 atom stereocenters. The summed E-state index contributed by atoms with van der Waals surface area (Å²) in [5, 5.41) is 2.53. The second kappa shape index (κ2) is 8.33. The van der Waals surface area contributed by atoms with Crippen LogP contribution in [0, 0.1) is 17.5 Å². The minimum Gasteiger partial charge on any atom is -0.351 e. The van der Waals surface area contributed by atoms with Crippen LogP contribution in [0.4, 0.5) is 13.2 Å². The van der Waals surface area contributed by atoms with Gasteiger partial charge in [-0.25, -0.2) is 21.6 Å². The molecule has 0 bridgehead atoms. The number of nitrogens with zero attached hydrogens (tertiary/aromatic N) is 1. The SMILES string of the molecule is CCN(CC(=O)NCc1ccc(F)cc1)S(=O)(=O)c1ccc(F)c(F)c1. The van der Waals surface area contributed by atoms with Crippen molar-refractivity contribution in [2.75, 3.05) is 13.1 Å².